The molecule has 0 spiro atoms. The molecule has 28 heavy (non-hydrogen) atoms. The molecule has 0 aliphatic heterocycles. The molecular formula is C21H22N4O2S. The minimum atomic E-state index is -0.0990. The molecular weight excluding hydrogens is 372 g/mol. The van der Waals surface area contributed by atoms with Gasteiger partial charge in [0.1, 0.15) is 5.76 Å². The van der Waals surface area contributed by atoms with Gasteiger partial charge in [0.25, 0.3) is 5.91 Å². The van der Waals surface area contributed by atoms with E-state index < -0.39 is 0 Å². The quantitative estimate of drug-likeness (QED) is 0.510. The highest BCUT2D eigenvalue weighted by molar-refractivity contribution is 7.09. The molecule has 0 aromatic carbocycles. The highest BCUT2D eigenvalue weighted by atomic mass is 32.1. The maximum Gasteiger partial charge on any atom is 0.252 e. The number of pyridine rings is 1. The average Bonchev–Trinajstić information content (AvgIpc) is 3.42. The molecule has 1 unspecified atom stereocenters. The Morgan fingerprint density at radius 2 is 2.25 bits per heavy atom. The molecule has 4 aromatic rings. The molecule has 0 saturated carbocycles. The minimum Gasteiger partial charge on any atom is -0.469 e. The third kappa shape index (κ3) is 3.99. The molecule has 0 bridgehead atoms. The number of amides is 1. The lowest BCUT2D eigenvalue weighted by molar-refractivity contribution is 0.0939. The van der Waals surface area contributed by atoms with Crippen molar-refractivity contribution in [2.24, 2.45) is 0 Å². The number of hydrogen-bond donors (Lipinski definition) is 1. The lowest BCUT2D eigenvalue weighted by atomic mass is 10.1. The molecule has 0 saturated heterocycles. The number of aryl methyl sites for hydroxylation is 2. The Bertz CT molecular complexity index is 1070. The summed E-state index contributed by atoms with van der Waals surface area (Å²) < 4.78 is 7.21. The summed E-state index contributed by atoms with van der Waals surface area (Å²) in [7, 11) is 0. The number of aromatic nitrogens is 3. The minimum absolute atomic E-state index is 0.0299. The van der Waals surface area contributed by atoms with Gasteiger partial charge in [-0.25, -0.2) is 9.67 Å². The predicted octanol–water partition coefficient (Wildman–Crippen LogP) is 4.19. The summed E-state index contributed by atoms with van der Waals surface area (Å²) in [5, 5.41) is 10.4. The Morgan fingerprint density at radius 1 is 1.36 bits per heavy atom. The third-order valence-corrected chi connectivity index (χ3v) is 5.51. The fourth-order valence-corrected chi connectivity index (χ4v) is 3.90. The topological polar surface area (TPSA) is 73.0 Å². The summed E-state index contributed by atoms with van der Waals surface area (Å²) in [6.45, 7) is 4.56. The van der Waals surface area contributed by atoms with Crippen LogP contribution in [0.25, 0.3) is 11.0 Å². The summed E-state index contributed by atoms with van der Waals surface area (Å²) in [5.74, 6) is 0.830. The first kappa shape index (κ1) is 18.4. The van der Waals surface area contributed by atoms with Gasteiger partial charge in [-0.05, 0) is 49.9 Å². The van der Waals surface area contributed by atoms with E-state index in [1.54, 1.807) is 23.8 Å². The molecule has 1 amide bonds. The van der Waals surface area contributed by atoms with Crippen LogP contribution in [0.5, 0.6) is 0 Å². The van der Waals surface area contributed by atoms with Crippen LogP contribution in [0.1, 0.15) is 40.0 Å². The van der Waals surface area contributed by atoms with Gasteiger partial charge in [0.2, 0.25) is 0 Å². The Morgan fingerprint density at radius 3 is 3.00 bits per heavy atom. The van der Waals surface area contributed by atoms with Crippen LogP contribution >= 0.6 is 11.3 Å². The van der Waals surface area contributed by atoms with Crippen molar-refractivity contribution in [3.05, 3.63) is 70.1 Å². The van der Waals surface area contributed by atoms with Crippen LogP contribution in [-0.2, 0) is 13.0 Å². The van der Waals surface area contributed by atoms with Crippen molar-refractivity contribution in [3.8, 4) is 0 Å². The van der Waals surface area contributed by atoms with Crippen LogP contribution < -0.4 is 5.32 Å². The number of thiophene rings is 1. The fourth-order valence-electron chi connectivity index (χ4n) is 3.21. The molecule has 6 nitrogen and oxygen atoms in total. The molecule has 144 valence electrons. The van der Waals surface area contributed by atoms with Crippen LogP contribution in [0, 0.1) is 6.92 Å². The smallest absolute Gasteiger partial charge is 0.252 e. The van der Waals surface area contributed by atoms with Gasteiger partial charge in [-0.3, -0.25) is 4.79 Å². The second-order valence-electron chi connectivity index (χ2n) is 6.92. The molecule has 0 radical (unpaired) electrons. The van der Waals surface area contributed by atoms with E-state index in [4.69, 9.17) is 4.42 Å². The number of fused-ring (bicyclic) bond motifs is 1. The zero-order valence-electron chi connectivity index (χ0n) is 15.9. The fraction of sp³-hybridized carbons (Fsp3) is 0.286. The highest BCUT2D eigenvalue weighted by Crippen LogP contribution is 2.21. The molecule has 4 heterocycles. The first-order valence-corrected chi connectivity index (χ1v) is 10.2. The van der Waals surface area contributed by atoms with Crippen LogP contribution in [0.2, 0.25) is 0 Å². The van der Waals surface area contributed by atoms with Gasteiger partial charge in [-0.2, -0.15) is 5.10 Å². The van der Waals surface area contributed by atoms with Crippen molar-refractivity contribution < 1.29 is 9.21 Å². The van der Waals surface area contributed by atoms with Crippen molar-refractivity contribution in [3.63, 3.8) is 0 Å². The second kappa shape index (κ2) is 7.98. The van der Waals surface area contributed by atoms with Gasteiger partial charge >= 0.3 is 0 Å². The zero-order chi connectivity index (χ0) is 19.5. The highest BCUT2D eigenvalue weighted by Gasteiger charge is 2.18. The summed E-state index contributed by atoms with van der Waals surface area (Å²) >= 11 is 1.68. The summed E-state index contributed by atoms with van der Waals surface area (Å²) in [6, 6.07) is 9.78. The zero-order valence-corrected chi connectivity index (χ0v) is 16.7. The summed E-state index contributed by atoms with van der Waals surface area (Å²) in [6.07, 6.45) is 5.00. The monoisotopic (exact) mass is 394 g/mol. The van der Waals surface area contributed by atoms with E-state index in [1.165, 1.54) is 4.88 Å². The van der Waals surface area contributed by atoms with Crippen molar-refractivity contribution in [1.29, 1.82) is 0 Å². The Kier molecular flexibility index (Phi) is 5.25. The Balaban J connectivity index is 1.52. The van der Waals surface area contributed by atoms with E-state index in [9.17, 15) is 4.79 Å². The van der Waals surface area contributed by atoms with Crippen molar-refractivity contribution in [1.82, 2.24) is 20.1 Å². The first-order valence-electron chi connectivity index (χ1n) is 9.29. The van der Waals surface area contributed by atoms with Crippen molar-refractivity contribution in [2.45, 2.75) is 39.3 Å². The number of rotatable bonds is 7. The van der Waals surface area contributed by atoms with Crippen LogP contribution in [0.4, 0.5) is 0 Å². The van der Waals surface area contributed by atoms with E-state index in [0.29, 0.717) is 12.1 Å². The van der Waals surface area contributed by atoms with E-state index in [2.05, 4.69) is 21.5 Å². The molecule has 1 N–H and O–H groups in total. The largest absolute Gasteiger partial charge is 0.469 e. The van der Waals surface area contributed by atoms with Gasteiger partial charge < -0.3 is 9.73 Å². The second-order valence-corrected chi connectivity index (χ2v) is 7.95. The lowest BCUT2D eigenvalue weighted by Crippen LogP contribution is -2.33. The standard InChI is InChI=1S/C21H22N4O2S/c1-14(7-8-16-5-3-9-27-16)24-21(26)18-11-15(2)23-20-19(18)12-22-25(20)13-17-6-4-10-28-17/h3-6,9-12,14H,7-8,13H2,1-2H3,(H,24,26). The van der Waals surface area contributed by atoms with E-state index >= 15 is 0 Å². The van der Waals surface area contributed by atoms with Crippen molar-refractivity contribution in [2.75, 3.05) is 0 Å². The number of furan rings is 1. The van der Waals surface area contributed by atoms with Gasteiger partial charge in [-0.15, -0.1) is 11.3 Å². The van der Waals surface area contributed by atoms with Gasteiger partial charge in [-0.1, -0.05) is 6.07 Å². The van der Waals surface area contributed by atoms with E-state index in [1.807, 2.05) is 48.2 Å². The molecule has 0 aliphatic carbocycles. The number of hydrogen-bond acceptors (Lipinski definition) is 5. The molecule has 7 heteroatoms. The predicted molar refractivity (Wildman–Crippen MR) is 110 cm³/mol. The number of carbonyl (C=O) groups is 1. The summed E-state index contributed by atoms with van der Waals surface area (Å²) in [4.78, 5) is 18.7. The molecule has 0 aliphatic rings. The maximum atomic E-state index is 12.9. The van der Waals surface area contributed by atoms with Crippen LogP contribution in [0.3, 0.4) is 0 Å². The third-order valence-electron chi connectivity index (χ3n) is 4.65. The number of nitrogens with one attached hydrogen (secondary N) is 1. The molecule has 0 fully saturated rings. The maximum absolute atomic E-state index is 12.9. The lowest BCUT2D eigenvalue weighted by Gasteiger charge is -2.14. The molecule has 4 rings (SSSR count). The van der Waals surface area contributed by atoms with Gasteiger partial charge in [0, 0.05) is 23.0 Å². The Hall–Kier alpha value is -2.93. The SMILES string of the molecule is Cc1cc(C(=O)NC(C)CCc2ccco2)c2cnn(Cc3cccs3)c2n1. The van der Waals surface area contributed by atoms with E-state index in [0.717, 1.165) is 35.3 Å². The summed E-state index contributed by atoms with van der Waals surface area (Å²) in [5.41, 5.74) is 2.15. The molecule has 1 atom stereocenters. The first-order chi connectivity index (χ1) is 13.6. The van der Waals surface area contributed by atoms with Gasteiger partial charge in [0.05, 0.1) is 30.0 Å². The average molecular weight is 395 g/mol. The normalized spacial score (nSPS) is 12.4. The van der Waals surface area contributed by atoms with Crippen LogP contribution in [0.15, 0.2) is 52.6 Å². The number of nitrogens with zero attached hydrogens (tertiary/aromatic N) is 3. The Labute approximate surface area is 167 Å². The molecule has 4 aromatic heterocycles. The van der Waals surface area contributed by atoms with Crippen molar-refractivity contribution >= 4 is 28.3 Å². The van der Waals surface area contributed by atoms with E-state index in [-0.39, 0.29) is 11.9 Å². The number of carbonyl (C=O) groups excluding carboxylic acids is 1. The van der Waals surface area contributed by atoms with Crippen LogP contribution in [-0.4, -0.2) is 26.7 Å². The van der Waals surface area contributed by atoms with Gasteiger partial charge in [0.15, 0.2) is 5.65 Å².